The van der Waals surface area contributed by atoms with Crippen molar-refractivity contribution in [3.63, 3.8) is 0 Å². The summed E-state index contributed by atoms with van der Waals surface area (Å²) >= 11 is 0. The Hall–Kier alpha value is -2.99. The topological polar surface area (TPSA) is 88.0 Å². The Balaban J connectivity index is 1.94. The first-order valence-corrected chi connectivity index (χ1v) is 7.68. The lowest BCUT2D eigenvalue weighted by Crippen LogP contribution is -2.27. The molecule has 0 aliphatic rings. The molecule has 0 fully saturated rings. The summed E-state index contributed by atoms with van der Waals surface area (Å²) in [5, 5.41) is 21.6. The molecule has 1 amide bonds. The van der Waals surface area contributed by atoms with Gasteiger partial charge in [-0.15, -0.1) is 0 Å². The van der Waals surface area contributed by atoms with Crippen LogP contribution in [0.1, 0.15) is 17.2 Å². The van der Waals surface area contributed by atoms with Gasteiger partial charge in [0.2, 0.25) is 5.91 Å². The Morgan fingerprint density at radius 2 is 1.88 bits per heavy atom. The molecule has 0 saturated carbocycles. The fourth-order valence-corrected chi connectivity index (χ4v) is 2.25. The summed E-state index contributed by atoms with van der Waals surface area (Å²) in [6.45, 7) is 0.295. The van der Waals surface area contributed by atoms with Crippen LogP contribution in [0.3, 0.4) is 0 Å². The summed E-state index contributed by atoms with van der Waals surface area (Å²) in [6, 6.07) is 11.4. The van der Waals surface area contributed by atoms with E-state index in [0.29, 0.717) is 12.3 Å². The molecule has 0 bridgehead atoms. The van der Waals surface area contributed by atoms with Crippen LogP contribution in [-0.4, -0.2) is 36.9 Å². The van der Waals surface area contributed by atoms with E-state index in [4.69, 9.17) is 9.47 Å². The molecule has 2 aromatic carbocycles. The van der Waals surface area contributed by atoms with Crippen molar-refractivity contribution in [2.45, 2.75) is 6.10 Å². The summed E-state index contributed by atoms with van der Waals surface area (Å²) in [5.41, 5.74) is 1.58. The molecular weight excluding hydrogens is 322 g/mol. The maximum Gasteiger partial charge on any atom is 0.244 e. The van der Waals surface area contributed by atoms with E-state index in [0.717, 1.165) is 11.1 Å². The predicted octanol–water partition coefficient (Wildman–Crippen LogP) is 2.62. The first-order valence-electron chi connectivity index (χ1n) is 7.68. The highest BCUT2D eigenvalue weighted by Gasteiger charge is 2.11. The van der Waals surface area contributed by atoms with Crippen LogP contribution < -0.4 is 10.1 Å². The van der Waals surface area contributed by atoms with Crippen molar-refractivity contribution < 1.29 is 24.5 Å². The van der Waals surface area contributed by atoms with Crippen LogP contribution in [0.2, 0.25) is 0 Å². The Bertz CT molecular complexity index is 740. The van der Waals surface area contributed by atoms with Gasteiger partial charge in [-0.05, 0) is 41.5 Å². The number of carbonyl (C=O) groups excluding carboxylic acids is 1. The maximum absolute atomic E-state index is 12.0. The lowest BCUT2D eigenvalue weighted by atomic mass is 10.1. The number of aromatic hydroxyl groups is 2. The van der Waals surface area contributed by atoms with Crippen molar-refractivity contribution in [1.82, 2.24) is 5.32 Å². The Morgan fingerprint density at radius 3 is 2.52 bits per heavy atom. The van der Waals surface area contributed by atoms with Gasteiger partial charge in [-0.2, -0.15) is 0 Å². The maximum atomic E-state index is 12.0. The van der Waals surface area contributed by atoms with Gasteiger partial charge >= 0.3 is 0 Å². The third kappa shape index (κ3) is 5.26. The van der Waals surface area contributed by atoms with Gasteiger partial charge in [0.25, 0.3) is 0 Å². The van der Waals surface area contributed by atoms with Crippen molar-refractivity contribution in [2.24, 2.45) is 0 Å². The molecule has 2 rings (SSSR count). The largest absolute Gasteiger partial charge is 0.508 e. The number of ether oxygens (including phenoxy) is 2. The highest BCUT2D eigenvalue weighted by molar-refractivity contribution is 5.91. The van der Waals surface area contributed by atoms with Crippen molar-refractivity contribution in [3.8, 4) is 17.2 Å². The normalized spacial score (nSPS) is 12.1. The number of phenolic OH excluding ortho intramolecular Hbond substituents is 2. The molecule has 25 heavy (non-hydrogen) atoms. The molecule has 0 aliphatic carbocycles. The van der Waals surface area contributed by atoms with E-state index in [2.05, 4.69) is 5.32 Å². The van der Waals surface area contributed by atoms with E-state index in [1.807, 2.05) is 0 Å². The molecular formula is C19H21NO5. The van der Waals surface area contributed by atoms with Crippen molar-refractivity contribution in [3.05, 3.63) is 59.7 Å². The standard InChI is InChI=1S/C19H21NO5/c1-24-17-11-13(3-9-16(17)22)4-10-19(23)20-12-18(25-2)14-5-7-15(21)8-6-14/h3-11,18,21-22H,12H2,1-2H3,(H,20,23)/b10-4+/t18-/m1/s1. The summed E-state index contributed by atoms with van der Waals surface area (Å²) in [6.07, 6.45) is 2.71. The molecule has 0 spiro atoms. The van der Waals surface area contributed by atoms with E-state index in [9.17, 15) is 15.0 Å². The molecule has 0 radical (unpaired) electrons. The third-order valence-corrected chi connectivity index (χ3v) is 3.64. The third-order valence-electron chi connectivity index (χ3n) is 3.64. The zero-order chi connectivity index (χ0) is 18.2. The second-order valence-electron chi connectivity index (χ2n) is 5.33. The number of hydrogen-bond acceptors (Lipinski definition) is 5. The number of nitrogens with one attached hydrogen (secondary N) is 1. The monoisotopic (exact) mass is 343 g/mol. The zero-order valence-electron chi connectivity index (χ0n) is 14.1. The molecule has 3 N–H and O–H groups in total. The van der Waals surface area contributed by atoms with Crippen LogP contribution in [-0.2, 0) is 9.53 Å². The minimum atomic E-state index is -0.313. The molecule has 2 aromatic rings. The summed E-state index contributed by atoms with van der Waals surface area (Å²) in [4.78, 5) is 12.0. The molecule has 0 aliphatic heterocycles. The van der Waals surface area contributed by atoms with Crippen LogP contribution >= 0.6 is 0 Å². The van der Waals surface area contributed by atoms with Gasteiger partial charge in [0, 0.05) is 19.7 Å². The van der Waals surface area contributed by atoms with Crippen LogP contribution in [0.15, 0.2) is 48.5 Å². The Morgan fingerprint density at radius 1 is 1.16 bits per heavy atom. The van der Waals surface area contributed by atoms with Gasteiger partial charge < -0.3 is 25.0 Å². The van der Waals surface area contributed by atoms with E-state index < -0.39 is 0 Å². The Kier molecular flexibility index (Phi) is 6.42. The fourth-order valence-electron chi connectivity index (χ4n) is 2.25. The second kappa shape index (κ2) is 8.75. The summed E-state index contributed by atoms with van der Waals surface area (Å²) < 4.78 is 10.4. The van der Waals surface area contributed by atoms with Crippen LogP contribution in [0.25, 0.3) is 6.08 Å². The summed E-state index contributed by atoms with van der Waals surface area (Å²) in [7, 11) is 3.02. The molecule has 132 valence electrons. The van der Waals surface area contributed by atoms with Gasteiger partial charge in [0.05, 0.1) is 13.2 Å². The van der Waals surface area contributed by atoms with Crippen LogP contribution in [0, 0.1) is 0 Å². The predicted molar refractivity (Wildman–Crippen MR) is 94.6 cm³/mol. The van der Waals surface area contributed by atoms with Crippen molar-refractivity contribution in [1.29, 1.82) is 0 Å². The van der Waals surface area contributed by atoms with Gasteiger partial charge in [-0.25, -0.2) is 0 Å². The van der Waals surface area contributed by atoms with Crippen molar-refractivity contribution >= 4 is 12.0 Å². The second-order valence-corrected chi connectivity index (χ2v) is 5.33. The smallest absolute Gasteiger partial charge is 0.244 e. The number of benzene rings is 2. The molecule has 6 nitrogen and oxygen atoms in total. The van der Waals surface area contributed by atoms with Gasteiger partial charge in [0.15, 0.2) is 11.5 Å². The van der Waals surface area contributed by atoms with E-state index in [1.165, 1.54) is 19.3 Å². The van der Waals surface area contributed by atoms with Gasteiger partial charge in [0.1, 0.15) is 5.75 Å². The summed E-state index contributed by atoms with van der Waals surface area (Å²) in [5.74, 6) is 0.290. The Labute approximate surface area is 146 Å². The number of hydrogen-bond donors (Lipinski definition) is 3. The average Bonchev–Trinajstić information content (AvgIpc) is 2.63. The van der Waals surface area contributed by atoms with Gasteiger partial charge in [-0.3, -0.25) is 4.79 Å². The number of amides is 1. The highest BCUT2D eigenvalue weighted by atomic mass is 16.5. The number of phenols is 2. The molecule has 0 saturated heterocycles. The first kappa shape index (κ1) is 18.4. The van der Waals surface area contributed by atoms with E-state index in [1.54, 1.807) is 49.6 Å². The van der Waals surface area contributed by atoms with E-state index in [-0.39, 0.29) is 23.5 Å². The molecule has 1 atom stereocenters. The van der Waals surface area contributed by atoms with Gasteiger partial charge in [-0.1, -0.05) is 18.2 Å². The molecule has 0 aromatic heterocycles. The quantitative estimate of drug-likeness (QED) is 0.673. The van der Waals surface area contributed by atoms with Crippen LogP contribution in [0.5, 0.6) is 17.2 Å². The SMILES string of the molecule is COc1cc(/C=C/C(=O)NC[C@@H](OC)c2ccc(O)cc2)ccc1O. The minimum absolute atomic E-state index is 0.0425. The minimum Gasteiger partial charge on any atom is -0.508 e. The first-order chi connectivity index (χ1) is 12.0. The highest BCUT2D eigenvalue weighted by Crippen LogP contribution is 2.26. The van der Waals surface area contributed by atoms with Crippen molar-refractivity contribution in [2.75, 3.05) is 20.8 Å². The average molecular weight is 343 g/mol. The fraction of sp³-hybridized carbons (Fsp3) is 0.211. The molecule has 6 heteroatoms. The molecule has 0 heterocycles. The van der Waals surface area contributed by atoms with E-state index >= 15 is 0 Å². The lowest BCUT2D eigenvalue weighted by molar-refractivity contribution is -0.117. The van der Waals surface area contributed by atoms with Crippen LogP contribution in [0.4, 0.5) is 0 Å². The number of carbonyl (C=O) groups is 1. The number of methoxy groups -OCH3 is 2. The lowest BCUT2D eigenvalue weighted by Gasteiger charge is -2.16. The number of rotatable bonds is 7. The molecule has 0 unspecified atom stereocenters. The zero-order valence-corrected chi connectivity index (χ0v) is 14.1.